The van der Waals surface area contributed by atoms with E-state index in [4.69, 9.17) is 10.5 Å². The summed E-state index contributed by atoms with van der Waals surface area (Å²) < 4.78 is 18.3. The van der Waals surface area contributed by atoms with Crippen LogP contribution in [0.5, 0.6) is 5.75 Å². The standard InChI is InChI=1S/C20H16FN3O3S/c1-27-15-4-2-3-14(10-15)24-19(26)17(9-12-5-7-13(21)8-6-12)28-20(24)16(11-22)18(23)25/h2-8,10,17H,9H2,1H3,(H2,23,25)/b20-16+/t17-/m0/s1. The molecule has 0 spiro atoms. The molecule has 0 radical (unpaired) electrons. The second kappa shape index (κ2) is 8.15. The maximum atomic E-state index is 13.1. The molecule has 0 saturated carbocycles. The monoisotopic (exact) mass is 397 g/mol. The SMILES string of the molecule is COc1cccc(N2C(=O)[C@H](Cc3ccc(F)cc3)S/C2=C(\C#N)C(N)=O)c1. The molecule has 0 aromatic heterocycles. The Balaban J connectivity index is 2.03. The molecular weight excluding hydrogens is 381 g/mol. The van der Waals surface area contributed by atoms with E-state index in [1.807, 2.05) is 0 Å². The van der Waals surface area contributed by atoms with Crippen LogP contribution < -0.4 is 15.4 Å². The van der Waals surface area contributed by atoms with Gasteiger partial charge in [0.2, 0.25) is 5.91 Å². The normalized spacial score (nSPS) is 18.0. The van der Waals surface area contributed by atoms with Gasteiger partial charge in [0.05, 0.1) is 18.0 Å². The molecule has 1 fully saturated rings. The minimum absolute atomic E-state index is 0.181. The zero-order valence-electron chi connectivity index (χ0n) is 14.9. The first-order valence-corrected chi connectivity index (χ1v) is 9.16. The molecule has 1 aliphatic heterocycles. The Labute approximate surface area is 165 Å². The molecule has 6 nitrogen and oxygen atoms in total. The Bertz CT molecular complexity index is 999. The van der Waals surface area contributed by atoms with Gasteiger partial charge in [-0.25, -0.2) is 4.39 Å². The van der Waals surface area contributed by atoms with Crippen molar-refractivity contribution in [2.45, 2.75) is 11.7 Å². The number of ether oxygens (including phenoxy) is 1. The van der Waals surface area contributed by atoms with Crippen LogP contribution in [-0.4, -0.2) is 24.2 Å². The number of carbonyl (C=O) groups is 2. The summed E-state index contributed by atoms with van der Waals surface area (Å²) in [6, 6.07) is 14.4. The zero-order valence-corrected chi connectivity index (χ0v) is 15.7. The Hall–Kier alpha value is -3.31. The number of halogens is 1. The Morgan fingerprint density at radius 2 is 2.04 bits per heavy atom. The largest absolute Gasteiger partial charge is 0.497 e. The lowest BCUT2D eigenvalue weighted by atomic mass is 10.1. The molecule has 0 bridgehead atoms. The average molecular weight is 397 g/mol. The summed E-state index contributed by atoms with van der Waals surface area (Å²) in [4.78, 5) is 26.2. The Morgan fingerprint density at radius 1 is 1.32 bits per heavy atom. The van der Waals surface area contributed by atoms with Gasteiger partial charge in [-0.05, 0) is 36.2 Å². The molecule has 28 heavy (non-hydrogen) atoms. The molecule has 1 saturated heterocycles. The number of anilines is 1. The Morgan fingerprint density at radius 3 is 2.64 bits per heavy atom. The maximum Gasteiger partial charge on any atom is 0.262 e. The summed E-state index contributed by atoms with van der Waals surface area (Å²) in [6.45, 7) is 0. The quantitative estimate of drug-likeness (QED) is 0.618. The van der Waals surface area contributed by atoms with Gasteiger partial charge in [-0.15, -0.1) is 0 Å². The van der Waals surface area contributed by atoms with Crippen LogP contribution in [-0.2, 0) is 16.0 Å². The number of rotatable bonds is 5. The fourth-order valence-corrected chi connectivity index (χ4v) is 4.13. The molecule has 3 rings (SSSR count). The van der Waals surface area contributed by atoms with Crippen molar-refractivity contribution in [1.29, 1.82) is 5.26 Å². The van der Waals surface area contributed by atoms with Crippen LogP contribution in [0.2, 0.25) is 0 Å². The van der Waals surface area contributed by atoms with Gasteiger partial charge in [-0.3, -0.25) is 14.5 Å². The van der Waals surface area contributed by atoms with E-state index < -0.39 is 11.2 Å². The van der Waals surface area contributed by atoms with Crippen molar-refractivity contribution in [3.63, 3.8) is 0 Å². The van der Waals surface area contributed by atoms with Gasteiger partial charge in [-0.2, -0.15) is 5.26 Å². The molecule has 2 aromatic carbocycles. The molecule has 2 N–H and O–H groups in total. The number of hydrogen-bond acceptors (Lipinski definition) is 5. The van der Waals surface area contributed by atoms with E-state index in [1.165, 1.54) is 24.1 Å². The number of primary amides is 1. The third kappa shape index (κ3) is 3.85. The minimum Gasteiger partial charge on any atom is -0.497 e. The van der Waals surface area contributed by atoms with Crippen molar-refractivity contribution in [3.05, 3.63) is 70.5 Å². The zero-order chi connectivity index (χ0) is 20.3. The third-order valence-electron chi connectivity index (χ3n) is 4.17. The van der Waals surface area contributed by atoms with Gasteiger partial charge in [0.1, 0.15) is 28.2 Å². The maximum absolute atomic E-state index is 13.1. The smallest absolute Gasteiger partial charge is 0.262 e. The van der Waals surface area contributed by atoms with Crippen LogP contribution >= 0.6 is 11.8 Å². The topological polar surface area (TPSA) is 96.4 Å². The van der Waals surface area contributed by atoms with Crippen LogP contribution in [0.3, 0.4) is 0 Å². The second-order valence-electron chi connectivity index (χ2n) is 5.97. The van der Waals surface area contributed by atoms with E-state index in [9.17, 15) is 19.2 Å². The highest BCUT2D eigenvalue weighted by Crippen LogP contribution is 2.42. The summed E-state index contributed by atoms with van der Waals surface area (Å²) in [5.41, 5.74) is 6.28. The molecule has 2 amide bonds. The molecular formula is C20H16FN3O3S. The van der Waals surface area contributed by atoms with Crippen molar-refractivity contribution in [2.24, 2.45) is 5.73 Å². The van der Waals surface area contributed by atoms with Gasteiger partial charge in [-0.1, -0.05) is 30.0 Å². The molecule has 1 aliphatic rings. The first kappa shape index (κ1) is 19.5. The summed E-state index contributed by atoms with van der Waals surface area (Å²) in [7, 11) is 1.50. The van der Waals surface area contributed by atoms with Crippen molar-refractivity contribution in [2.75, 3.05) is 12.0 Å². The lowest BCUT2D eigenvalue weighted by molar-refractivity contribution is -0.117. The van der Waals surface area contributed by atoms with Crippen LogP contribution in [0.4, 0.5) is 10.1 Å². The van der Waals surface area contributed by atoms with Crippen LogP contribution in [0.25, 0.3) is 0 Å². The van der Waals surface area contributed by atoms with E-state index in [0.717, 1.165) is 17.3 Å². The fraction of sp³-hybridized carbons (Fsp3) is 0.150. The van der Waals surface area contributed by atoms with Crippen molar-refractivity contribution < 1.29 is 18.7 Å². The summed E-state index contributed by atoms with van der Waals surface area (Å²) in [5.74, 6) is -1.05. The van der Waals surface area contributed by atoms with Gasteiger partial charge in [0.15, 0.2) is 0 Å². The van der Waals surface area contributed by atoms with E-state index in [0.29, 0.717) is 17.9 Å². The lowest BCUT2D eigenvalue weighted by Crippen LogP contribution is -2.31. The predicted octanol–water partition coefficient (Wildman–Crippen LogP) is 2.75. The molecule has 142 valence electrons. The molecule has 1 atom stereocenters. The number of nitrogens with zero attached hydrogens (tertiary/aromatic N) is 2. The van der Waals surface area contributed by atoms with E-state index in [2.05, 4.69) is 0 Å². The van der Waals surface area contributed by atoms with E-state index in [1.54, 1.807) is 42.5 Å². The summed E-state index contributed by atoms with van der Waals surface area (Å²) in [6.07, 6.45) is 0.311. The van der Waals surface area contributed by atoms with E-state index in [-0.39, 0.29) is 22.3 Å². The minimum atomic E-state index is -0.909. The summed E-state index contributed by atoms with van der Waals surface area (Å²) >= 11 is 1.09. The third-order valence-corrected chi connectivity index (χ3v) is 5.43. The summed E-state index contributed by atoms with van der Waals surface area (Å²) in [5, 5.41) is 8.98. The highest BCUT2D eigenvalue weighted by molar-refractivity contribution is 8.05. The number of hydrogen-bond donors (Lipinski definition) is 1. The van der Waals surface area contributed by atoms with Gasteiger partial charge < -0.3 is 10.5 Å². The van der Waals surface area contributed by atoms with Gasteiger partial charge >= 0.3 is 0 Å². The second-order valence-corrected chi connectivity index (χ2v) is 7.16. The van der Waals surface area contributed by atoms with Crippen molar-refractivity contribution in [3.8, 4) is 11.8 Å². The lowest BCUT2D eigenvalue weighted by Gasteiger charge is -2.18. The first-order chi connectivity index (χ1) is 13.4. The van der Waals surface area contributed by atoms with Crippen LogP contribution in [0, 0.1) is 17.1 Å². The predicted molar refractivity (Wildman–Crippen MR) is 104 cm³/mol. The molecule has 8 heteroatoms. The number of benzene rings is 2. The first-order valence-electron chi connectivity index (χ1n) is 8.28. The molecule has 2 aromatic rings. The van der Waals surface area contributed by atoms with Crippen LogP contribution in [0.1, 0.15) is 5.56 Å². The van der Waals surface area contributed by atoms with Crippen LogP contribution in [0.15, 0.2) is 59.1 Å². The van der Waals surface area contributed by atoms with Crippen molar-refractivity contribution in [1.82, 2.24) is 0 Å². The fourth-order valence-electron chi connectivity index (χ4n) is 2.82. The Kier molecular flexibility index (Phi) is 5.66. The molecule has 0 unspecified atom stereocenters. The van der Waals surface area contributed by atoms with Gasteiger partial charge in [0, 0.05) is 6.07 Å². The van der Waals surface area contributed by atoms with Crippen molar-refractivity contribution >= 4 is 29.3 Å². The number of nitrogens with two attached hydrogens (primary N) is 1. The number of thioether (sulfide) groups is 1. The number of methoxy groups -OCH3 is 1. The highest BCUT2D eigenvalue weighted by atomic mass is 32.2. The van der Waals surface area contributed by atoms with Gasteiger partial charge in [0.25, 0.3) is 5.91 Å². The number of amides is 2. The highest BCUT2D eigenvalue weighted by Gasteiger charge is 2.40. The average Bonchev–Trinajstić information content (AvgIpc) is 3.00. The van der Waals surface area contributed by atoms with E-state index >= 15 is 0 Å². The molecule has 1 heterocycles. The number of nitriles is 1. The molecule has 0 aliphatic carbocycles. The number of carbonyl (C=O) groups excluding carboxylic acids is 2.